The van der Waals surface area contributed by atoms with E-state index in [0.29, 0.717) is 21.6 Å². The maximum atomic E-state index is 13.2. The summed E-state index contributed by atoms with van der Waals surface area (Å²) in [7, 11) is 0. The predicted molar refractivity (Wildman–Crippen MR) is 99.6 cm³/mol. The van der Waals surface area contributed by atoms with Crippen LogP contribution in [0, 0.1) is 25.5 Å². The molecule has 0 radical (unpaired) electrons. The van der Waals surface area contributed by atoms with Crippen LogP contribution in [0.3, 0.4) is 0 Å². The van der Waals surface area contributed by atoms with Gasteiger partial charge in [0, 0.05) is 11.8 Å². The van der Waals surface area contributed by atoms with E-state index in [2.05, 4.69) is 15.3 Å². The number of nitrogens with one attached hydrogen (secondary N) is 2. The number of nitrogens with zero attached hydrogens (tertiary/aromatic N) is 1. The molecular formula is C18H15F2N3O4S. The van der Waals surface area contributed by atoms with Gasteiger partial charge >= 0.3 is 5.97 Å². The molecule has 0 aliphatic carbocycles. The highest BCUT2D eigenvalue weighted by Gasteiger charge is 2.24. The molecular weight excluding hydrogens is 392 g/mol. The Morgan fingerprint density at radius 3 is 2.64 bits per heavy atom. The fourth-order valence-corrected chi connectivity index (χ4v) is 3.64. The number of hydrogen-bond donors (Lipinski definition) is 2. The molecule has 0 saturated heterocycles. The van der Waals surface area contributed by atoms with E-state index in [9.17, 15) is 23.2 Å². The molecule has 7 nitrogen and oxygen atoms in total. The van der Waals surface area contributed by atoms with Crippen molar-refractivity contribution < 1.29 is 23.1 Å². The fourth-order valence-electron chi connectivity index (χ4n) is 2.53. The van der Waals surface area contributed by atoms with Crippen molar-refractivity contribution in [3.63, 3.8) is 0 Å². The first-order valence-corrected chi connectivity index (χ1v) is 8.96. The van der Waals surface area contributed by atoms with E-state index in [0.717, 1.165) is 23.5 Å². The van der Waals surface area contributed by atoms with Crippen molar-refractivity contribution in [2.45, 2.75) is 26.9 Å². The second-order valence-corrected chi connectivity index (χ2v) is 7.05. The van der Waals surface area contributed by atoms with E-state index >= 15 is 0 Å². The largest absolute Gasteiger partial charge is 0.448 e. The third-order valence-electron chi connectivity index (χ3n) is 3.94. The van der Waals surface area contributed by atoms with Crippen molar-refractivity contribution in [3.05, 3.63) is 56.5 Å². The van der Waals surface area contributed by atoms with Gasteiger partial charge in [0.1, 0.15) is 15.5 Å². The number of amides is 1. The summed E-state index contributed by atoms with van der Waals surface area (Å²) in [5.74, 6) is -3.25. The Hall–Kier alpha value is -3.14. The highest BCUT2D eigenvalue weighted by molar-refractivity contribution is 7.20. The third kappa shape index (κ3) is 3.77. The van der Waals surface area contributed by atoms with Gasteiger partial charge in [0.2, 0.25) is 0 Å². The molecule has 2 heterocycles. The van der Waals surface area contributed by atoms with E-state index in [4.69, 9.17) is 4.74 Å². The van der Waals surface area contributed by atoms with Crippen LogP contribution in [-0.4, -0.2) is 27.9 Å². The van der Waals surface area contributed by atoms with Crippen molar-refractivity contribution in [1.29, 1.82) is 0 Å². The second kappa shape index (κ2) is 7.47. The molecule has 0 spiro atoms. The first-order valence-electron chi connectivity index (χ1n) is 8.14. The molecule has 1 amide bonds. The van der Waals surface area contributed by atoms with Crippen LogP contribution in [0.1, 0.15) is 28.0 Å². The third-order valence-corrected chi connectivity index (χ3v) is 5.11. The number of aromatic nitrogens is 2. The number of aryl methyl sites for hydroxylation is 2. The van der Waals surface area contributed by atoms with E-state index in [1.165, 1.54) is 13.0 Å². The standard InChI is InChI=1S/C18H15F2N3O4S/c1-7-13-16(25)21-9(3)22-17(13)28-14(7)18(26)27-8(2)15(24)23-10-4-5-11(19)12(20)6-10/h4-6,8H,1-3H3,(H,23,24)(H,21,22,25)/t8-/m0/s1. The van der Waals surface area contributed by atoms with Crippen LogP contribution in [-0.2, 0) is 9.53 Å². The predicted octanol–water partition coefficient (Wildman–Crippen LogP) is 3.06. The quantitative estimate of drug-likeness (QED) is 0.648. The summed E-state index contributed by atoms with van der Waals surface area (Å²) in [6, 6.07) is 2.87. The minimum atomic E-state index is -1.21. The minimum Gasteiger partial charge on any atom is -0.448 e. The maximum absolute atomic E-state index is 13.2. The zero-order chi connectivity index (χ0) is 20.6. The minimum absolute atomic E-state index is 0.0241. The fraction of sp³-hybridized carbons (Fsp3) is 0.222. The van der Waals surface area contributed by atoms with Gasteiger partial charge in [0.25, 0.3) is 11.5 Å². The number of benzene rings is 1. The SMILES string of the molecule is Cc1nc2sc(C(=O)O[C@@H](C)C(=O)Nc3ccc(F)c(F)c3)c(C)c2c(=O)[nH]1. The Kier molecular flexibility index (Phi) is 5.23. The number of aromatic amines is 1. The number of anilines is 1. The van der Waals surface area contributed by atoms with Gasteiger partial charge in [-0.05, 0) is 38.5 Å². The number of hydrogen-bond acceptors (Lipinski definition) is 6. The van der Waals surface area contributed by atoms with Crippen molar-refractivity contribution >= 4 is 39.1 Å². The van der Waals surface area contributed by atoms with Gasteiger partial charge in [-0.3, -0.25) is 9.59 Å². The highest BCUT2D eigenvalue weighted by Crippen LogP contribution is 2.28. The molecule has 146 valence electrons. The van der Waals surface area contributed by atoms with Crippen LogP contribution in [0.15, 0.2) is 23.0 Å². The number of thiophene rings is 1. The topological polar surface area (TPSA) is 101 Å². The average molecular weight is 407 g/mol. The second-order valence-electron chi connectivity index (χ2n) is 6.05. The number of rotatable bonds is 4. The van der Waals surface area contributed by atoms with Crippen LogP contribution in [0.25, 0.3) is 10.2 Å². The molecule has 10 heteroatoms. The zero-order valence-electron chi connectivity index (χ0n) is 15.1. The summed E-state index contributed by atoms with van der Waals surface area (Å²) in [4.78, 5) is 44.0. The van der Waals surface area contributed by atoms with Crippen molar-refractivity contribution in [2.75, 3.05) is 5.32 Å². The Labute approximate surface area is 161 Å². The number of ether oxygens (including phenoxy) is 1. The first kappa shape index (κ1) is 19.6. The summed E-state index contributed by atoms with van der Waals surface area (Å²) >= 11 is 0.993. The van der Waals surface area contributed by atoms with Crippen molar-refractivity contribution in [1.82, 2.24) is 9.97 Å². The van der Waals surface area contributed by atoms with Gasteiger partial charge in [0.05, 0.1) is 5.39 Å². The molecule has 1 atom stereocenters. The molecule has 1 aromatic carbocycles. The van der Waals surface area contributed by atoms with Gasteiger partial charge in [-0.25, -0.2) is 18.6 Å². The maximum Gasteiger partial charge on any atom is 0.349 e. The van der Waals surface area contributed by atoms with Crippen molar-refractivity contribution in [3.8, 4) is 0 Å². The van der Waals surface area contributed by atoms with Gasteiger partial charge in [0.15, 0.2) is 17.7 Å². The molecule has 0 aliphatic heterocycles. The lowest BCUT2D eigenvalue weighted by atomic mass is 10.2. The van der Waals surface area contributed by atoms with Crippen LogP contribution < -0.4 is 10.9 Å². The Bertz CT molecular complexity index is 1160. The van der Waals surface area contributed by atoms with Gasteiger partial charge in [-0.15, -0.1) is 11.3 Å². The average Bonchev–Trinajstić information content (AvgIpc) is 2.94. The molecule has 3 aromatic rings. The van der Waals surface area contributed by atoms with Crippen LogP contribution in [0.5, 0.6) is 0 Å². The molecule has 0 bridgehead atoms. The van der Waals surface area contributed by atoms with Crippen LogP contribution >= 0.6 is 11.3 Å². The lowest BCUT2D eigenvalue weighted by molar-refractivity contribution is -0.123. The number of esters is 1. The van der Waals surface area contributed by atoms with Gasteiger partial charge in [-0.2, -0.15) is 0 Å². The summed E-state index contributed by atoms with van der Waals surface area (Å²) in [6.07, 6.45) is -1.21. The summed E-state index contributed by atoms with van der Waals surface area (Å²) in [6.45, 7) is 4.55. The molecule has 0 saturated carbocycles. The highest BCUT2D eigenvalue weighted by atomic mass is 32.1. The summed E-state index contributed by atoms with van der Waals surface area (Å²) in [5, 5.41) is 2.63. The van der Waals surface area contributed by atoms with E-state index in [1.54, 1.807) is 13.8 Å². The number of halogens is 2. The normalized spacial score (nSPS) is 12.0. The number of fused-ring (bicyclic) bond motifs is 1. The number of carbonyl (C=O) groups excluding carboxylic acids is 2. The summed E-state index contributed by atoms with van der Waals surface area (Å²) < 4.78 is 31.3. The first-order chi connectivity index (χ1) is 13.2. The van der Waals surface area contributed by atoms with E-state index in [1.807, 2.05) is 0 Å². The van der Waals surface area contributed by atoms with Gasteiger partial charge in [-0.1, -0.05) is 0 Å². The number of H-pyrrole nitrogens is 1. The van der Waals surface area contributed by atoms with Crippen molar-refractivity contribution in [2.24, 2.45) is 0 Å². The molecule has 0 aliphatic rings. The molecule has 2 aromatic heterocycles. The molecule has 28 heavy (non-hydrogen) atoms. The Balaban J connectivity index is 1.76. The van der Waals surface area contributed by atoms with Crippen LogP contribution in [0.2, 0.25) is 0 Å². The van der Waals surface area contributed by atoms with Crippen LogP contribution in [0.4, 0.5) is 14.5 Å². The smallest absolute Gasteiger partial charge is 0.349 e. The zero-order valence-corrected chi connectivity index (χ0v) is 15.9. The van der Waals surface area contributed by atoms with Gasteiger partial charge < -0.3 is 15.0 Å². The Morgan fingerprint density at radius 2 is 1.96 bits per heavy atom. The molecule has 2 N–H and O–H groups in total. The van der Waals surface area contributed by atoms with E-state index < -0.39 is 29.6 Å². The molecule has 0 fully saturated rings. The van der Waals surface area contributed by atoms with E-state index in [-0.39, 0.29) is 16.1 Å². The lowest BCUT2D eigenvalue weighted by Gasteiger charge is -2.13. The summed E-state index contributed by atoms with van der Waals surface area (Å²) in [5.41, 5.74) is 0.0717. The monoisotopic (exact) mass is 407 g/mol. The Morgan fingerprint density at radius 1 is 1.25 bits per heavy atom. The molecule has 3 rings (SSSR count). The lowest BCUT2D eigenvalue weighted by Crippen LogP contribution is -2.30. The molecule has 0 unspecified atom stereocenters. The number of carbonyl (C=O) groups is 2.